The summed E-state index contributed by atoms with van der Waals surface area (Å²) in [5.74, 6) is 1.43. The minimum Gasteiger partial charge on any atom is -0.487 e. The third-order valence-corrected chi connectivity index (χ3v) is 11.0. The number of sulfone groups is 1. The third kappa shape index (κ3) is 9.44. The second-order valence-electron chi connectivity index (χ2n) is 12.4. The molecule has 1 aliphatic heterocycles. The zero-order valence-electron chi connectivity index (χ0n) is 27.8. The Hall–Kier alpha value is -3.86. The molecular weight excluding hydrogens is 672 g/mol. The number of ether oxygens (including phenoxy) is 3. The van der Waals surface area contributed by atoms with Gasteiger partial charge in [0.05, 0.1) is 55.1 Å². The average molecular weight is 715 g/mol. The summed E-state index contributed by atoms with van der Waals surface area (Å²) in [4.78, 5) is 11.8. The van der Waals surface area contributed by atoms with Crippen LogP contribution in [0.25, 0.3) is 11.3 Å². The maximum atomic E-state index is 12.0. The monoisotopic (exact) mass is 714 g/mol. The summed E-state index contributed by atoms with van der Waals surface area (Å²) < 4.78 is 45.4. The van der Waals surface area contributed by atoms with Crippen molar-refractivity contribution in [3.63, 3.8) is 0 Å². The lowest BCUT2D eigenvalue weighted by Gasteiger charge is -2.38. The van der Waals surface area contributed by atoms with E-state index in [9.17, 15) is 8.42 Å². The van der Waals surface area contributed by atoms with E-state index in [4.69, 9.17) is 35.9 Å². The Bertz CT molecular complexity index is 1760. The molecule has 264 valence electrons. The van der Waals surface area contributed by atoms with Crippen LogP contribution in [-0.4, -0.2) is 110 Å². The van der Waals surface area contributed by atoms with Gasteiger partial charge in [-0.1, -0.05) is 24.6 Å². The summed E-state index contributed by atoms with van der Waals surface area (Å²) in [6, 6.07) is 8.08. The van der Waals surface area contributed by atoms with Crippen molar-refractivity contribution in [1.82, 2.24) is 44.9 Å². The Morgan fingerprint density at radius 2 is 1.92 bits per heavy atom. The smallest absolute Gasteiger partial charge is 0.256 e. The van der Waals surface area contributed by atoms with Crippen molar-refractivity contribution in [1.29, 1.82) is 0 Å². The van der Waals surface area contributed by atoms with Gasteiger partial charge in [0.15, 0.2) is 0 Å². The summed E-state index contributed by atoms with van der Waals surface area (Å²) >= 11 is 6.48. The molecule has 3 aromatic heterocycles. The lowest BCUT2D eigenvalue weighted by Crippen LogP contribution is -2.45. The van der Waals surface area contributed by atoms with Gasteiger partial charge < -0.3 is 19.5 Å². The number of morpholine rings is 1. The van der Waals surface area contributed by atoms with Crippen LogP contribution in [0, 0.1) is 0 Å². The highest BCUT2D eigenvalue weighted by Gasteiger charge is 2.29. The highest BCUT2D eigenvalue weighted by molar-refractivity contribution is 7.91. The van der Waals surface area contributed by atoms with Gasteiger partial charge in [0.25, 0.3) is 5.88 Å². The highest BCUT2D eigenvalue weighted by atomic mass is 35.5. The molecule has 4 aromatic rings. The van der Waals surface area contributed by atoms with Crippen molar-refractivity contribution in [3.8, 4) is 22.9 Å². The van der Waals surface area contributed by atoms with Crippen LogP contribution in [0.4, 0.5) is 11.6 Å². The van der Waals surface area contributed by atoms with Crippen molar-refractivity contribution in [3.05, 3.63) is 48.0 Å². The van der Waals surface area contributed by atoms with E-state index in [2.05, 4.69) is 30.7 Å². The van der Waals surface area contributed by atoms with Gasteiger partial charge in [0.2, 0.25) is 5.95 Å². The summed E-state index contributed by atoms with van der Waals surface area (Å²) in [6.45, 7) is 7.81. The highest BCUT2D eigenvalue weighted by Crippen LogP contribution is 2.35. The number of nitrogens with one attached hydrogen (secondary N) is 1. The largest absolute Gasteiger partial charge is 0.487 e. The molecule has 1 atom stereocenters. The van der Waals surface area contributed by atoms with Crippen molar-refractivity contribution in [2.24, 2.45) is 0 Å². The molecule has 0 radical (unpaired) electrons. The van der Waals surface area contributed by atoms with E-state index < -0.39 is 9.84 Å². The molecule has 49 heavy (non-hydrogen) atoms. The Kier molecular flexibility index (Phi) is 11.6. The first-order valence-electron chi connectivity index (χ1n) is 16.8. The Morgan fingerprint density at radius 1 is 1.12 bits per heavy atom. The number of halogens is 1. The van der Waals surface area contributed by atoms with Crippen molar-refractivity contribution >= 4 is 33.1 Å². The quantitative estimate of drug-likeness (QED) is 0.174. The van der Waals surface area contributed by atoms with Crippen LogP contribution in [0.3, 0.4) is 0 Å². The molecule has 1 saturated heterocycles. The van der Waals surface area contributed by atoms with E-state index in [1.165, 1.54) is 6.33 Å². The molecule has 4 heterocycles. The topological polar surface area (TPSA) is 164 Å². The predicted molar refractivity (Wildman–Crippen MR) is 184 cm³/mol. The number of hydrogen-bond donors (Lipinski definition) is 1. The summed E-state index contributed by atoms with van der Waals surface area (Å²) in [5, 5.41) is 19.8. The molecule has 1 aliphatic carbocycles. The van der Waals surface area contributed by atoms with Gasteiger partial charge in [-0.25, -0.2) is 23.1 Å². The molecule has 0 spiro atoms. The van der Waals surface area contributed by atoms with Crippen LogP contribution in [-0.2, 0) is 21.1 Å². The zero-order chi connectivity index (χ0) is 34.2. The first-order chi connectivity index (χ1) is 23.8. The van der Waals surface area contributed by atoms with Crippen molar-refractivity contribution < 1.29 is 22.6 Å². The second kappa shape index (κ2) is 16.2. The molecule has 1 aromatic carbocycles. The fraction of sp³-hybridized carbons (Fsp3) is 0.562. The van der Waals surface area contributed by atoms with Crippen LogP contribution in [0.15, 0.2) is 43.0 Å². The van der Waals surface area contributed by atoms with E-state index >= 15 is 0 Å². The van der Waals surface area contributed by atoms with Crippen LogP contribution in [0.1, 0.15) is 52.0 Å². The Balaban J connectivity index is 1.16. The molecule has 2 aliphatic rings. The van der Waals surface area contributed by atoms with Gasteiger partial charge in [0.1, 0.15) is 33.7 Å². The van der Waals surface area contributed by atoms with Gasteiger partial charge >= 0.3 is 0 Å². The number of benzene rings is 1. The molecule has 2 fully saturated rings. The summed E-state index contributed by atoms with van der Waals surface area (Å²) in [6.07, 6.45) is 9.44. The van der Waals surface area contributed by atoms with Crippen LogP contribution < -0.4 is 14.8 Å². The number of nitrogens with zero attached hydrogens (tertiary/aromatic N) is 9. The van der Waals surface area contributed by atoms with E-state index in [-0.39, 0.29) is 30.3 Å². The van der Waals surface area contributed by atoms with Gasteiger partial charge in [-0.05, 0) is 67.7 Å². The minimum absolute atomic E-state index is 0.0624. The number of anilines is 2. The molecule has 1 saturated carbocycles. The molecule has 15 nitrogen and oxygen atoms in total. The summed E-state index contributed by atoms with van der Waals surface area (Å²) in [5.41, 5.74) is 2.07. The van der Waals surface area contributed by atoms with E-state index in [1.54, 1.807) is 23.9 Å². The van der Waals surface area contributed by atoms with E-state index in [1.807, 2.05) is 36.0 Å². The van der Waals surface area contributed by atoms with Crippen LogP contribution in [0.5, 0.6) is 11.6 Å². The van der Waals surface area contributed by atoms with Crippen LogP contribution >= 0.6 is 11.6 Å². The second-order valence-corrected chi connectivity index (χ2v) is 15.3. The Labute approximate surface area is 291 Å². The molecule has 0 amide bonds. The lowest BCUT2D eigenvalue weighted by atomic mass is 9.90. The molecule has 1 N–H and O–H groups in total. The molecule has 0 unspecified atom stereocenters. The fourth-order valence-electron chi connectivity index (χ4n) is 6.21. The van der Waals surface area contributed by atoms with Gasteiger partial charge in [-0.3, -0.25) is 9.58 Å². The van der Waals surface area contributed by atoms with E-state index in [0.717, 1.165) is 57.6 Å². The first-order valence-corrected chi connectivity index (χ1v) is 19.0. The van der Waals surface area contributed by atoms with E-state index in [0.29, 0.717) is 53.0 Å². The fourth-order valence-corrected chi connectivity index (χ4v) is 7.22. The predicted octanol–water partition coefficient (Wildman–Crippen LogP) is 4.21. The van der Waals surface area contributed by atoms with Gasteiger partial charge in [-0.15, -0.1) is 10.2 Å². The SMILES string of the molecule is CCS(=O)(=O)CCCOc1nn(C2CCC(N3CCOCC3)CC2)cc1Nc1nccc(-c2ccc(Cl)c(O[C@@H](C)Cn3cnnn3)c2)n1. The maximum absolute atomic E-state index is 12.0. The number of aromatic nitrogens is 8. The Morgan fingerprint density at radius 3 is 2.67 bits per heavy atom. The zero-order valence-corrected chi connectivity index (χ0v) is 29.4. The summed E-state index contributed by atoms with van der Waals surface area (Å²) in [7, 11) is -3.09. The molecule has 0 bridgehead atoms. The standard InChI is InChI=1S/C32H43ClN10O5S/c1-3-49(44,45)18-4-15-47-31-29(21-43(38-31)26-8-6-25(7-9-26)41-13-16-46-17-14-41)37-32-34-12-11-28(36-32)24-5-10-27(33)30(19-24)48-23(2)20-42-22-35-39-40-42/h5,10-12,19,21-23,25-26H,3-4,6-9,13-18,20H2,1-2H3,(H,34,36,37)/t23-,25?,26?/m0/s1. The third-order valence-electron chi connectivity index (χ3n) is 8.87. The lowest BCUT2D eigenvalue weighted by molar-refractivity contribution is 0.00503. The molecule has 6 rings (SSSR count). The molecule has 17 heteroatoms. The van der Waals surface area contributed by atoms with Crippen molar-refractivity contribution in [2.75, 3.05) is 49.7 Å². The van der Waals surface area contributed by atoms with Crippen molar-refractivity contribution in [2.45, 2.75) is 70.7 Å². The van der Waals surface area contributed by atoms with Crippen LogP contribution in [0.2, 0.25) is 5.02 Å². The molecular formula is C32H43ClN10O5S. The first kappa shape index (κ1) is 35.0. The van der Waals surface area contributed by atoms with Gasteiger partial charge in [0, 0.05) is 36.6 Å². The van der Waals surface area contributed by atoms with Gasteiger partial charge in [-0.2, -0.15) is 0 Å². The number of rotatable bonds is 15. The average Bonchev–Trinajstić information content (AvgIpc) is 3.78. The number of hydrogen-bond acceptors (Lipinski definition) is 13. The minimum atomic E-state index is -3.09. The maximum Gasteiger partial charge on any atom is 0.256 e. The normalized spacial score (nSPS) is 19.4. The number of tetrazole rings is 1.